The second-order valence-electron chi connectivity index (χ2n) is 1.46. The van der Waals surface area contributed by atoms with Crippen molar-refractivity contribution in [2.75, 3.05) is 0 Å². The smallest absolute Gasteiger partial charge is 0.138 e. The van der Waals surface area contributed by atoms with E-state index < -0.39 is 0 Å². The number of aliphatic hydroxyl groups is 1. The Kier molecular flexibility index (Phi) is 3.26. The highest BCUT2D eigenvalue weighted by Gasteiger charge is 1.88. The third-order valence-electron chi connectivity index (χ3n) is 0.599. The van der Waals surface area contributed by atoms with Gasteiger partial charge in [0.1, 0.15) is 5.76 Å². The Morgan fingerprint density at radius 2 is 2.25 bits per heavy atom. The third kappa shape index (κ3) is 3.67. The third-order valence-corrected chi connectivity index (χ3v) is 0.803. The van der Waals surface area contributed by atoms with Crippen LogP contribution in [0.2, 0.25) is 0 Å². The van der Waals surface area contributed by atoms with Crippen LogP contribution in [-0.2, 0) is 0 Å². The maximum atomic E-state index is 8.70. The summed E-state index contributed by atoms with van der Waals surface area (Å²) < 4.78 is 0. The van der Waals surface area contributed by atoms with Gasteiger partial charge in [-0.05, 0) is 0 Å². The molecule has 0 aromatic carbocycles. The van der Waals surface area contributed by atoms with Crippen LogP contribution in [0.5, 0.6) is 0 Å². The number of allylic oxidation sites excluding steroid dienone is 1. The van der Waals surface area contributed by atoms with Crippen LogP contribution >= 0.6 is 9.24 Å². The van der Waals surface area contributed by atoms with E-state index in [-0.39, 0.29) is 5.76 Å². The van der Waals surface area contributed by atoms with Gasteiger partial charge in [0.25, 0.3) is 0 Å². The summed E-state index contributed by atoms with van der Waals surface area (Å²) in [6, 6.07) is 0. The molecule has 2 heteroatoms. The zero-order valence-corrected chi connectivity index (χ0v) is 5.80. The van der Waals surface area contributed by atoms with Gasteiger partial charge in [-0.3, -0.25) is 0 Å². The van der Waals surface area contributed by atoms with E-state index in [0.29, 0.717) is 6.42 Å². The minimum atomic E-state index is 0.144. The van der Waals surface area contributed by atoms with Gasteiger partial charge in [-0.1, -0.05) is 24.2 Å². The van der Waals surface area contributed by atoms with E-state index in [2.05, 4.69) is 28.1 Å². The van der Waals surface area contributed by atoms with Crippen LogP contribution in [0.4, 0.5) is 0 Å². The second-order valence-corrected chi connectivity index (χ2v) is 2.27. The Morgan fingerprint density at radius 1 is 1.75 bits per heavy atom. The molecular formula is C6H9OP. The number of hydrogen-bond acceptors (Lipinski definition) is 1. The first kappa shape index (κ1) is 7.49. The van der Waals surface area contributed by atoms with Gasteiger partial charge in [-0.2, -0.15) is 0 Å². The average molecular weight is 128 g/mol. The molecule has 0 radical (unpaired) electrons. The molecule has 0 aliphatic carbocycles. The molecule has 0 aliphatic heterocycles. The highest BCUT2D eigenvalue weighted by Crippen LogP contribution is 2.10. The van der Waals surface area contributed by atoms with Gasteiger partial charge in [-0.15, -0.1) is 9.24 Å². The van der Waals surface area contributed by atoms with E-state index in [0.717, 1.165) is 5.31 Å². The summed E-state index contributed by atoms with van der Waals surface area (Å²) in [5, 5.41) is 9.53. The summed E-state index contributed by atoms with van der Waals surface area (Å²) in [5.41, 5.74) is 2.34. The summed E-state index contributed by atoms with van der Waals surface area (Å²) in [6.07, 6.45) is 0.453. The quantitative estimate of drug-likeness (QED) is 0.342. The second kappa shape index (κ2) is 3.49. The molecule has 1 N–H and O–H groups in total. The zero-order valence-electron chi connectivity index (χ0n) is 4.65. The molecule has 1 nitrogen and oxygen atoms in total. The topological polar surface area (TPSA) is 20.2 Å². The van der Waals surface area contributed by atoms with Crippen molar-refractivity contribution in [3.8, 4) is 0 Å². The molecule has 0 heterocycles. The van der Waals surface area contributed by atoms with Crippen molar-refractivity contribution in [1.82, 2.24) is 0 Å². The summed E-state index contributed by atoms with van der Waals surface area (Å²) in [6.45, 7) is 6.81. The van der Waals surface area contributed by atoms with Crippen LogP contribution in [0.1, 0.15) is 6.42 Å². The molecule has 0 saturated heterocycles. The lowest BCUT2D eigenvalue weighted by Gasteiger charge is -1.91. The fourth-order valence-corrected chi connectivity index (χ4v) is 0.471. The standard InChI is InChI=1S/C6H9OP/c1-3-6(7)4-5(2)8/h7H,1-2,4,8H2. The van der Waals surface area contributed by atoms with Crippen molar-refractivity contribution in [3.63, 3.8) is 0 Å². The summed E-state index contributed by atoms with van der Waals surface area (Å²) in [5.74, 6) is 0.144. The van der Waals surface area contributed by atoms with Gasteiger partial charge in [0.2, 0.25) is 0 Å². The van der Waals surface area contributed by atoms with E-state index in [1.807, 2.05) is 0 Å². The van der Waals surface area contributed by atoms with Crippen LogP contribution in [0, 0.1) is 0 Å². The van der Waals surface area contributed by atoms with Gasteiger partial charge < -0.3 is 5.11 Å². The van der Waals surface area contributed by atoms with Crippen LogP contribution < -0.4 is 0 Å². The van der Waals surface area contributed by atoms with E-state index in [4.69, 9.17) is 5.11 Å². The maximum absolute atomic E-state index is 8.70. The predicted molar refractivity (Wildman–Crippen MR) is 38.7 cm³/mol. The minimum Gasteiger partial charge on any atom is -0.504 e. The number of aliphatic hydroxyl groups excluding tert-OH is 1. The summed E-state index contributed by atoms with van der Waals surface area (Å²) >= 11 is 0. The van der Waals surface area contributed by atoms with E-state index in [9.17, 15) is 0 Å². The Bertz CT molecular complexity index is 143. The normalized spacial score (nSPS) is 7.62. The Morgan fingerprint density at radius 3 is 2.38 bits per heavy atom. The lowest BCUT2D eigenvalue weighted by atomic mass is 10.4. The number of rotatable bonds is 2. The molecule has 8 heavy (non-hydrogen) atoms. The van der Waals surface area contributed by atoms with Crippen molar-refractivity contribution >= 4 is 9.24 Å². The molecule has 1 unspecified atom stereocenters. The molecule has 0 spiro atoms. The molecule has 1 atom stereocenters. The van der Waals surface area contributed by atoms with Gasteiger partial charge in [-0.25, -0.2) is 0 Å². The molecule has 0 fully saturated rings. The average Bonchev–Trinajstić information content (AvgIpc) is 1.65. The van der Waals surface area contributed by atoms with Crippen molar-refractivity contribution < 1.29 is 5.11 Å². The van der Waals surface area contributed by atoms with E-state index in [1.54, 1.807) is 0 Å². The van der Waals surface area contributed by atoms with Crippen molar-refractivity contribution in [2.45, 2.75) is 6.42 Å². The first-order valence-corrected chi connectivity index (χ1v) is 2.75. The predicted octanol–water partition coefficient (Wildman–Crippen LogP) is 1.99. The molecule has 0 saturated carbocycles. The van der Waals surface area contributed by atoms with Crippen LogP contribution in [-0.4, -0.2) is 5.11 Å². The lowest BCUT2D eigenvalue weighted by Crippen LogP contribution is -1.75. The zero-order chi connectivity index (χ0) is 6.57. The number of hydrogen-bond donors (Lipinski definition) is 1. The minimum absolute atomic E-state index is 0.144. The SMILES string of the molecule is C=C=C(O)CC(=C)P. The van der Waals surface area contributed by atoms with Gasteiger partial charge in [0.15, 0.2) is 0 Å². The molecule has 0 aromatic heterocycles. The molecule has 0 bridgehead atoms. The van der Waals surface area contributed by atoms with Gasteiger partial charge in [0.05, 0.1) is 0 Å². The monoisotopic (exact) mass is 128 g/mol. The molecule has 0 rings (SSSR count). The highest BCUT2D eigenvalue weighted by atomic mass is 31.0. The first-order chi connectivity index (χ1) is 3.66. The van der Waals surface area contributed by atoms with Gasteiger partial charge >= 0.3 is 0 Å². The van der Waals surface area contributed by atoms with Gasteiger partial charge in [0, 0.05) is 6.42 Å². The largest absolute Gasteiger partial charge is 0.504 e. The Labute approximate surface area is 51.6 Å². The molecule has 0 aromatic rings. The highest BCUT2D eigenvalue weighted by molar-refractivity contribution is 7.22. The first-order valence-electron chi connectivity index (χ1n) is 2.18. The fraction of sp³-hybridized carbons (Fsp3) is 0.167. The summed E-state index contributed by atoms with van der Waals surface area (Å²) in [4.78, 5) is 0. The molecule has 0 aliphatic rings. The lowest BCUT2D eigenvalue weighted by molar-refractivity contribution is 0.402. The van der Waals surface area contributed by atoms with E-state index >= 15 is 0 Å². The van der Waals surface area contributed by atoms with Crippen LogP contribution in [0.3, 0.4) is 0 Å². The van der Waals surface area contributed by atoms with Crippen molar-refractivity contribution in [2.24, 2.45) is 0 Å². The van der Waals surface area contributed by atoms with E-state index in [1.165, 1.54) is 0 Å². The van der Waals surface area contributed by atoms with Crippen LogP contribution in [0.15, 0.2) is 30.0 Å². The fourth-order valence-electron chi connectivity index (χ4n) is 0.278. The summed E-state index contributed by atoms with van der Waals surface area (Å²) in [7, 11) is 2.39. The van der Waals surface area contributed by atoms with Crippen molar-refractivity contribution in [1.29, 1.82) is 0 Å². The molecule has 0 amide bonds. The molecular weight excluding hydrogens is 119 g/mol. The van der Waals surface area contributed by atoms with Crippen molar-refractivity contribution in [3.05, 3.63) is 30.0 Å². The van der Waals surface area contributed by atoms with Crippen LogP contribution in [0.25, 0.3) is 0 Å². The Balaban J connectivity index is 3.74. The maximum Gasteiger partial charge on any atom is 0.138 e. The molecule has 44 valence electrons. The Hall–Kier alpha value is -0.510.